The molecule has 0 spiro atoms. The second-order valence-electron chi connectivity index (χ2n) is 6.06. The van der Waals surface area contributed by atoms with Crippen molar-refractivity contribution < 1.29 is 0 Å². The fraction of sp³-hybridized carbons (Fsp3) is 0.929. The van der Waals surface area contributed by atoms with Crippen LogP contribution in [0.1, 0.15) is 58.8 Å². The zero-order valence-electron chi connectivity index (χ0n) is 11.3. The second-order valence-corrected chi connectivity index (χ2v) is 6.06. The van der Waals surface area contributed by atoms with Crippen LogP contribution < -0.4 is 11.1 Å². The first-order valence-corrected chi connectivity index (χ1v) is 7.26. The predicted molar refractivity (Wildman–Crippen MR) is 73.0 cm³/mol. The van der Waals surface area contributed by atoms with E-state index in [2.05, 4.69) is 24.2 Å². The van der Waals surface area contributed by atoms with Crippen molar-refractivity contribution in [3.05, 3.63) is 0 Å². The minimum Gasteiger partial charge on any atom is -0.370 e. The van der Waals surface area contributed by atoms with Gasteiger partial charge in [0.1, 0.15) is 0 Å². The molecule has 17 heavy (non-hydrogen) atoms. The molecule has 0 amide bonds. The van der Waals surface area contributed by atoms with Crippen molar-refractivity contribution in [3.63, 3.8) is 0 Å². The Labute approximate surface area is 105 Å². The highest BCUT2D eigenvalue weighted by Crippen LogP contribution is 2.39. The number of hydrogen-bond acceptors (Lipinski definition) is 1. The lowest BCUT2D eigenvalue weighted by atomic mass is 10.1. The largest absolute Gasteiger partial charge is 0.370 e. The molecule has 3 heteroatoms. The van der Waals surface area contributed by atoms with Gasteiger partial charge in [-0.15, -0.1) is 0 Å². The molecule has 0 radical (unpaired) electrons. The molecule has 0 saturated heterocycles. The van der Waals surface area contributed by atoms with Crippen LogP contribution in [0.5, 0.6) is 0 Å². The third kappa shape index (κ3) is 3.90. The number of aliphatic imine (C=N–C) groups is 1. The number of rotatable bonds is 3. The van der Waals surface area contributed by atoms with Gasteiger partial charge in [-0.25, -0.2) is 4.99 Å². The van der Waals surface area contributed by atoms with Gasteiger partial charge in [0.2, 0.25) is 0 Å². The van der Waals surface area contributed by atoms with E-state index in [-0.39, 0.29) is 0 Å². The van der Waals surface area contributed by atoms with Crippen molar-refractivity contribution in [1.82, 2.24) is 5.32 Å². The Morgan fingerprint density at radius 2 is 1.82 bits per heavy atom. The molecule has 2 rings (SSSR count). The van der Waals surface area contributed by atoms with Crippen molar-refractivity contribution in [2.45, 2.75) is 70.9 Å². The van der Waals surface area contributed by atoms with Crippen LogP contribution in [-0.2, 0) is 0 Å². The van der Waals surface area contributed by atoms with Gasteiger partial charge in [0.25, 0.3) is 0 Å². The highest BCUT2D eigenvalue weighted by molar-refractivity contribution is 5.78. The average molecular weight is 237 g/mol. The number of nitrogens with one attached hydrogen (secondary N) is 1. The van der Waals surface area contributed by atoms with E-state index in [1.807, 2.05) is 0 Å². The maximum atomic E-state index is 6.00. The van der Waals surface area contributed by atoms with Crippen LogP contribution in [0, 0.1) is 11.8 Å². The molecular formula is C14H27N3. The predicted octanol–water partition coefficient (Wildman–Crippen LogP) is 2.66. The molecule has 0 aromatic carbocycles. The van der Waals surface area contributed by atoms with E-state index < -0.39 is 0 Å². The van der Waals surface area contributed by atoms with E-state index in [0.29, 0.717) is 18.0 Å². The van der Waals surface area contributed by atoms with Crippen molar-refractivity contribution in [1.29, 1.82) is 0 Å². The summed E-state index contributed by atoms with van der Waals surface area (Å²) in [6.07, 6.45) is 9.18. The van der Waals surface area contributed by atoms with E-state index in [0.717, 1.165) is 11.8 Å². The summed E-state index contributed by atoms with van der Waals surface area (Å²) in [7, 11) is 0. The molecule has 3 nitrogen and oxygen atoms in total. The van der Waals surface area contributed by atoms with Crippen LogP contribution >= 0.6 is 0 Å². The number of hydrogen-bond donors (Lipinski definition) is 2. The Balaban J connectivity index is 1.76. The maximum absolute atomic E-state index is 6.00. The molecule has 0 aromatic rings. The van der Waals surface area contributed by atoms with Gasteiger partial charge < -0.3 is 11.1 Å². The quantitative estimate of drug-likeness (QED) is 0.450. The molecule has 0 unspecified atom stereocenters. The molecule has 2 fully saturated rings. The van der Waals surface area contributed by atoms with Crippen molar-refractivity contribution in [3.8, 4) is 0 Å². The molecule has 3 N–H and O–H groups in total. The molecule has 0 aliphatic heterocycles. The monoisotopic (exact) mass is 237 g/mol. The summed E-state index contributed by atoms with van der Waals surface area (Å²) in [4.78, 5) is 4.60. The van der Waals surface area contributed by atoms with Gasteiger partial charge >= 0.3 is 0 Å². The molecule has 2 atom stereocenters. The van der Waals surface area contributed by atoms with Crippen molar-refractivity contribution >= 4 is 5.96 Å². The fourth-order valence-corrected chi connectivity index (χ4v) is 2.91. The zero-order chi connectivity index (χ0) is 12.3. The van der Waals surface area contributed by atoms with Gasteiger partial charge in [-0.2, -0.15) is 0 Å². The first-order valence-electron chi connectivity index (χ1n) is 7.26. The third-order valence-electron chi connectivity index (χ3n) is 4.17. The molecule has 2 aliphatic carbocycles. The molecule has 0 bridgehead atoms. The average Bonchev–Trinajstić information content (AvgIpc) is 3.02. The summed E-state index contributed by atoms with van der Waals surface area (Å²) in [5, 5.41) is 3.42. The molecule has 0 heterocycles. The minimum atomic E-state index is 0.494. The van der Waals surface area contributed by atoms with Gasteiger partial charge in [0.15, 0.2) is 5.96 Å². The van der Waals surface area contributed by atoms with Gasteiger partial charge in [-0.3, -0.25) is 0 Å². The van der Waals surface area contributed by atoms with Crippen LogP contribution in [-0.4, -0.2) is 18.0 Å². The topological polar surface area (TPSA) is 50.4 Å². The minimum absolute atomic E-state index is 0.494. The van der Waals surface area contributed by atoms with Crippen LogP contribution in [0.15, 0.2) is 4.99 Å². The van der Waals surface area contributed by atoms with Crippen LogP contribution in [0.25, 0.3) is 0 Å². The number of guanidine groups is 1. The summed E-state index contributed by atoms with van der Waals surface area (Å²) >= 11 is 0. The molecule has 0 aromatic heterocycles. The summed E-state index contributed by atoms with van der Waals surface area (Å²) in [5.41, 5.74) is 6.00. The lowest BCUT2D eigenvalue weighted by Crippen LogP contribution is -2.40. The lowest BCUT2D eigenvalue weighted by Gasteiger charge is -2.16. The summed E-state index contributed by atoms with van der Waals surface area (Å²) in [6, 6.07) is 1.06. The first-order chi connectivity index (χ1) is 8.16. The van der Waals surface area contributed by atoms with Crippen LogP contribution in [0.2, 0.25) is 0 Å². The van der Waals surface area contributed by atoms with E-state index in [1.165, 1.54) is 44.9 Å². The molecule has 2 saturated carbocycles. The normalized spacial score (nSPS) is 31.4. The Morgan fingerprint density at radius 3 is 2.35 bits per heavy atom. The van der Waals surface area contributed by atoms with E-state index in [1.54, 1.807) is 0 Å². The zero-order valence-corrected chi connectivity index (χ0v) is 11.3. The van der Waals surface area contributed by atoms with Gasteiger partial charge in [0, 0.05) is 6.04 Å². The number of nitrogens with two attached hydrogens (primary N) is 1. The lowest BCUT2D eigenvalue weighted by molar-refractivity contribution is 0.526. The third-order valence-corrected chi connectivity index (χ3v) is 4.17. The molecule has 98 valence electrons. The van der Waals surface area contributed by atoms with Gasteiger partial charge in [0.05, 0.1) is 6.04 Å². The van der Waals surface area contributed by atoms with Crippen LogP contribution in [0.3, 0.4) is 0 Å². The van der Waals surface area contributed by atoms with Gasteiger partial charge in [-0.1, -0.05) is 39.5 Å². The van der Waals surface area contributed by atoms with Crippen LogP contribution in [0.4, 0.5) is 0 Å². The van der Waals surface area contributed by atoms with Gasteiger partial charge in [-0.05, 0) is 31.1 Å². The summed E-state index contributed by atoms with van der Waals surface area (Å²) < 4.78 is 0. The highest BCUT2D eigenvalue weighted by Gasteiger charge is 2.39. The fourth-order valence-electron chi connectivity index (χ4n) is 2.91. The Kier molecular flexibility index (Phi) is 4.30. The standard InChI is InChI=1S/C14H27N3/c1-10(2)12-9-13(12)17-14(15)16-11-7-5-3-4-6-8-11/h10-13H,3-9H2,1-2H3,(H3,15,16,17)/t12-,13+/m0/s1. The highest BCUT2D eigenvalue weighted by atomic mass is 15.1. The first kappa shape index (κ1) is 12.7. The maximum Gasteiger partial charge on any atom is 0.189 e. The summed E-state index contributed by atoms with van der Waals surface area (Å²) in [5.74, 6) is 2.20. The van der Waals surface area contributed by atoms with E-state index >= 15 is 0 Å². The molecular weight excluding hydrogens is 210 g/mol. The smallest absolute Gasteiger partial charge is 0.189 e. The molecule has 2 aliphatic rings. The van der Waals surface area contributed by atoms with Crippen molar-refractivity contribution in [2.75, 3.05) is 0 Å². The number of nitrogens with zero attached hydrogens (tertiary/aromatic N) is 1. The Morgan fingerprint density at radius 1 is 1.18 bits per heavy atom. The second kappa shape index (κ2) is 5.74. The Bertz CT molecular complexity index is 265. The Hall–Kier alpha value is -0.730. The SMILES string of the molecule is CC(C)[C@@H]1C[C@H]1N=C(N)NC1CCCCCC1. The summed E-state index contributed by atoms with van der Waals surface area (Å²) in [6.45, 7) is 4.55. The van der Waals surface area contributed by atoms with E-state index in [9.17, 15) is 0 Å². The van der Waals surface area contributed by atoms with Crippen molar-refractivity contribution in [2.24, 2.45) is 22.6 Å². The van der Waals surface area contributed by atoms with E-state index in [4.69, 9.17) is 5.73 Å².